The molecule has 0 saturated heterocycles. The Kier molecular flexibility index (Phi) is 9.71. The van der Waals surface area contributed by atoms with Gasteiger partial charge in [-0.25, -0.2) is 34.9 Å². The lowest BCUT2D eigenvalue weighted by molar-refractivity contribution is 1.07. The molecule has 0 aliphatic carbocycles. The average Bonchev–Trinajstić information content (AvgIpc) is 3.35. The lowest BCUT2D eigenvalue weighted by Gasteiger charge is -2.13. The monoisotopic (exact) mass is 771 g/mol. The van der Waals surface area contributed by atoms with Crippen LogP contribution in [-0.4, -0.2) is 44.9 Å². The van der Waals surface area contributed by atoms with Crippen LogP contribution in [0, 0.1) is 0 Å². The summed E-state index contributed by atoms with van der Waals surface area (Å²) in [5.41, 5.74) is 9.65. The van der Waals surface area contributed by atoms with Crippen molar-refractivity contribution in [3.05, 3.63) is 200 Å². The zero-order valence-corrected chi connectivity index (χ0v) is 32.1. The van der Waals surface area contributed by atoms with E-state index >= 15 is 0 Å². The van der Waals surface area contributed by atoms with Crippen molar-refractivity contribution >= 4 is 0 Å². The lowest BCUT2D eigenvalue weighted by Crippen LogP contribution is -2.02. The molecule has 0 saturated carbocycles. The molecular weight excluding hydrogens is 739 g/mol. The van der Waals surface area contributed by atoms with Gasteiger partial charge in [-0.2, -0.15) is 0 Å². The van der Waals surface area contributed by atoms with E-state index in [4.69, 9.17) is 44.9 Å². The molecule has 0 unspecified atom stereocenters. The molecule has 0 radical (unpaired) electrons. The molecule has 0 amide bonds. The predicted molar refractivity (Wildman–Crippen MR) is 236 cm³/mol. The van der Waals surface area contributed by atoms with Crippen molar-refractivity contribution in [3.8, 4) is 102 Å². The summed E-state index contributed by atoms with van der Waals surface area (Å²) < 4.78 is 0. The van der Waals surface area contributed by atoms with Crippen molar-refractivity contribution in [2.24, 2.45) is 0 Å². The normalized spacial score (nSPS) is 11.0. The third-order valence-electron chi connectivity index (χ3n) is 9.91. The van der Waals surface area contributed by atoms with E-state index in [1.807, 2.05) is 164 Å². The summed E-state index contributed by atoms with van der Waals surface area (Å²) in [5.74, 6) is 3.31. The first kappa shape index (κ1) is 35.9. The molecule has 0 aliphatic rings. The molecule has 5 aromatic carbocycles. The quantitative estimate of drug-likeness (QED) is 0.141. The van der Waals surface area contributed by atoms with Gasteiger partial charge in [-0.05, 0) is 47.5 Å². The third-order valence-corrected chi connectivity index (χ3v) is 9.91. The Morgan fingerprint density at radius 1 is 0.250 bits per heavy atom. The Balaban J connectivity index is 1.09. The van der Waals surface area contributed by atoms with Gasteiger partial charge < -0.3 is 0 Å². The highest BCUT2D eigenvalue weighted by Crippen LogP contribution is 2.35. The third kappa shape index (κ3) is 7.54. The molecule has 9 nitrogen and oxygen atoms in total. The number of aromatic nitrogens is 9. The summed E-state index contributed by atoms with van der Waals surface area (Å²) in [6, 6.07) is 61.8. The molecule has 10 aromatic rings. The lowest BCUT2D eigenvalue weighted by atomic mass is 10.0. The van der Waals surface area contributed by atoms with E-state index in [0.717, 1.165) is 44.5 Å². The van der Waals surface area contributed by atoms with Gasteiger partial charge >= 0.3 is 0 Å². The van der Waals surface area contributed by atoms with E-state index in [0.29, 0.717) is 57.7 Å². The molecule has 9 heteroatoms. The molecule has 0 spiro atoms. The molecule has 0 N–H and O–H groups in total. The molecule has 0 bridgehead atoms. The Morgan fingerprint density at radius 3 is 1.12 bits per heavy atom. The highest BCUT2D eigenvalue weighted by molar-refractivity contribution is 5.82. The summed E-state index contributed by atoms with van der Waals surface area (Å²) >= 11 is 0. The van der Waals surface area contributed by atoms with Gasteiger partial charge in [0.1, 0.15) is 0 Å². The Morgan fingerprint density at radius 2 is 0.667 bits per heavy atom. The smallest absolute Gasteiger partial charge is 0.166 e. The SMILES string of the molecule is c1ccc(-c2cc(-c3ccc(-c4nc(-c5ccccc5)nc(-c5ccccc5)n4)cn3)nc(-c3ncccc3-c3nc(-c4ccccc4)nc(-c4ccccc4)n3)c2)cc1. The number of hydrogen-bond acceptors (Lipinski definition) is 9. The van der Waals surface area contributed by atoms with Crippen molar-refractivity contribution in [1.82, 2.24) is 44.9 Å². The van der Waals surface area contributed by atoms with Gasteiger partial charge in [-0.1, -0.05) is 152 Å². The van der Waals surface area contributed by atoms with E-state index < -0.39 is 0 Å². The minimum Gasteiger partial charge on any atom is -0.254 e. The zero-order chi connectivity index (χ0) is 40.1. The first-order valence-corrected chi connectivity index (χ1v) is 19.5. The van der Waals surface area contributed by atoms with E-state index in [9.17, 15) is 0 Å². The van der Waals surface area contributed by atoms with Gasteiger partial charge in [0.05, 0.1) is 22.8 Å². The fourth-order valence-electron chi connectivity index (χ4n) is 6.91. The highest BCUT2D eigenvalue weighted by atomic mass is 15.0. The first-order valence-electron chi connectivity index (χ1n) is 19.5. The van der Waals surface area contributed by atoms with Crippen LogP contribution in [0.1, 0.15) is 0 Å². The second-order valence-electron chi connectivity index (χ2n) is 13.9. The van der Waals surface area contributed by atoms with Crippen molar-refractivity contribution in [2.75, 3.05) is 0 Å². The zero-order valence-electron chi connectivity index (χ0n) is 32.1. The minimum atomic E-state index is 0.490. The van der Waals surface area contributed by atoms with Crippen LogP contribution in [0.4, 0.5) is 0 Å². The number of pyridine rings is 3. The summed E-state index contributed by atoms with van der Waals surface area (Å²) in [4.78, 5) is 44.7. The predicted octanol–water partition coefficient (Wildman–Crippen LogP) is 11.2. The van der Waals surface area contributed by atoms with Crippen molar-refractivity contribution in [2.45, 2.75) is 0 Å². The second-order valence-corrected chi connectivity index (χ2v) is 13.9. The van der Waals surface area contributed by atoms with Crippen LogP contribution in [0.15, 0.2) is 200 Å². The van der Waals surface area contributed by atoms with Crippen LogP contribution in [-0.2, 0) is 0 Å². The molecule has 10 rings (SSSR count). The fraction of sp³-hybridized carbons (Fsp3) is 0. The number of hydrogen-bond donors (Lipinski definition) is 0. The molecule has 60 heavy (non-hydrogen) atoms. The molecule has 282 valence electrons. The average molecular weight is 772 g/mol. The molecule has 5 heterocycles. The summed E-state index contributed by atoms with van der Waals surface area (Å²) in [6.07, 6.45) is 3.56. The summed E-state index contributed by atoms with van der Waals surface area (Å²) in [7, 11) is 0. The number of benzene rings is 5. The van der Waals surface area contributed by atoms with Crippen molar-refractivity contribution < 1.29 is 0 Å². The van der Waals surface area contributed by atoms with Crippen LogP contribution in [0.25, 0.3) is 102 Å². The number of rotatable bonds is 9. The number of nitrogens with zero attached hydrogens (tertiary/aromatic N) is 9. The summed E-state index contributed by atoms with van der Waals surface area (Å²) in [6.45, 7) is 0. The topological polar surface area (TPSA) is 116 Å². The summed E-state index contributed by atoms with van der Waals surface area (Å²) in [5, 5.41) is 0. The maximum absolute atomic E-state index is 5.22. The maximum Gasteiger partial charge on any atom is 0.166 e. The van der Waals surface area contributed by atoms with Crippen LogP contribution < -0.4 is 0 Å². The van der Waals surface area contributed by atoms with E-state index in [1.54, 1.807) is 12.4 Å². The molecule has 0 fully saturated rings. The molecule has 0 atom stereocenters. The van der Waals surface area contributed by atoms with Gasteiger partial charge in [-0.15, -0.1) is 0 Å². The van der Waals surface area contributed by atoms with Gasteiger partial charge in [0, 0.05) is 45.8 Å². The van der Waals surface area contributed by atoms with Crippen LogP contribution >= 0.6 is 0 Å². The van der Waals surface area contributed by atoms with Gasteiger partial charge in [0.25, 0.3) is 0 Å². The van der Waals surface area contributed by atoms with E-state index in [1.165, 1.54) is 0 Å². The Bertz CT molecular complexity index is 2940. The Hall–Kier alpha value is -8.43. The van der Waals surface area contributed by atoms with Gasteiger partial charge in [0.2, 0.25) is 0 Å². The van der Waals surface area contributed by atoms with Gasteiger partial charge in [0.15, 0.2) is 34.9 Å². The molecular formula is C51H33N9. The van der Waals surface area contributed by atoms with Crippen LogP contribution in [0.3, 0.4) is 0 Å². The standard InChI is InChI=1S/C51H33N9/c1-6-17-34(18-7-1)40-31-43(42-29-28-39(33-53-42)50-57-46(35-19-8-2-9-20-35)55-47(58-50)36-21-10-3-11-22-36)54-44(32-40)45-41(27-16-30-52-45)51-59-48(37-23-12-4-13-24-37)56-49(60-51)38-25-14-5-15-26-38/h1-33H. The largest absolute Gasteiger partial charge is 0.254 e. The van der Waals surface area contributed by atoms with E-state index in [2.05, 4.69) is 24.3 Å². The van der Waals surface area contributed by atoms with E-state index in [-0.39, 0.29) is 0 Å². The highest BCUT2D eigenvalue weighted by Gasteiger charge is 2.20. The van der Waals surface area contributed by atoms with Crippen LogP contribution in [0.5, 0.6) is 0 Å². The molecule has 0 aliphatic heterocycles. The van der Waals surface area contributed by atoms with Crippen LogP contribution in [0.2, 0.25) is 0 Å². The minimum absolute atomic E-state index is 0.490. The maximum atomic E-state index is 5.22. The second kappa shape index (κ2) is 16.2. The van der Waals surface area contributed by atoms with Gasteiger partial charge in [-0.3, -0.25) is 9.97 Å². The first-order chi connectivity index (χ1) is 29.7. The Labute approximate surface area is 346 Å². The molecule has 5 aromatic heterocycles. The van der Waals surface area contributed by atoms with Crippen molar-refractivity contribution in [3.63, 3.8) is 0 Å². The fourth-order valence-corrected chi connectivity index (χ4v) is 6.91. The van der Waals surface area contributed by atoms with Crippen molar-refractivity contribution in [1.29, 1.82) is 0 Å².